The molecule has 1 aliphatic heterocycles. The second-order valence-corrected chi connectivity index (χ2v) is 10.9. The van der Waals surface area contributed by atoms with E-state index in [2.05, 4.69) is 48.5 Å². The van der Waals surface area contributed by atoms with Crippen LogP contribution in [0.3, 0.4) is 0 Å². The maximum absolute atomic E-state index is 14.0. The summed E-state index contributed by atoms with van der Waals surface area (Å²) < 4.78 is 6.19. The minimum atomic E-state index is -0.803. The summed E-state index contributed by atoms with van der Waals surface area (Å²) in [4.78, 5) is 29.2. The number of rotatable bonds is 3. The number of carbonyl (C=O) groups excluding carboxylic acids is 2. The Morgan fingerprint density at radius 1 is 0.824 bits per heavy atom. The lowest BCUT2D eigenvalue weighted by Crippen LogP contribution is -2.48. The van der Waals surface area contributed by atoms with Crippen LogP contribution >= 0.6 is 0 Å². The van der Waals surface area contributed by atoms with Crippen LogP contribution in [0.25, 0.3) is 0 Å². The average Bonchev–Trinajstić information content (AvgIpc) is 3.08. The van der Waals surface area contributed by atoms with Gasteiger partial charge in [-0.2, -0.15) is 0 Å². The van der Waals surface area contributed by atoms with E-state index >= 15 is 0 Å². The van der Waals surface area contributed by atoms with E-state index in [0.29, 0.717) is 13.0 Å². The first-order valence-corrected chi connectivity index (χ1v) is 12.1. The maximum atomic E-state index is 14.0. The minimum absolute atomic E-state index is 0.0813. The Morgan fingerprint density at radius 3 is 1.94 bits per heavy atom. The van der Waals surface area contributed by atoms with Crippen molar-refractivity contribution in [3.8, 4) is 0 Å². The van der Waals surface area contributed by atoms with Gasteiger partial charge in [-0.3, -0.25) is 9.59 Å². The van der Waals surface area contributed by atoms with Gasteiger partial charge in [0.05, 0.1) is 5.41 Å². The molecule has 0 N–H and O–H groups in total. The highest BCUT2D eigenvalue weighted by Gasteiger charge is 2.57. The Kier molecular flexibility index (Phi) is 4.54. The largest absolute Gasteiger partial charge is 0.451 e. The van der Waals surface area contributed by atoms with Gasteiger partial charge >= 0.3 is 5.97 Å². The van der Waals surface area contributed by atoms with Crippen LogP contribution in [0.1, 0.15) is 61.3 Å². The number of benzene rings is 3. The molecule has 1 amide bonds. The normalized spacial score (nSPS) is 28.4. The molecule has 1 heterocycles. The number of hydrogen-bond acceptors (Lipinski definition) is 3. The Bertz CT molecular complexity index is 1250. The number of para-hydroxylation sites is 1. The number of hydrogen-bond donors (Lipinski definition) is 0. The number of amides is 1. The molecule has 4 aliphatic rings. The number of anilines is 1. The fourth-order valence-electron chi connectivity index (χ4n) is 6.49. The van der Waals surface area contributed by atoms with Gasteiger partial charge in [0.1, 0.15) is 0 Å². The van der Waals surface area contributed by atoms with E-state index in [1.54, 1.807) is 4.90 Å². The van der Waals surface area contributed by atoms with Crippen LogP contribution in [0.4, 0.5) is 5.69 Å². The Morgan fingerprint density at radius 2 is 1.35 bits per heavy atom. The second-order valence-electron chi connectivity index (χ2n) is 10.9. The van der Waals surface area contributed by atoms with Crippen LogP contribution in [-0.4, -0.2) is 24.5 Å². The third kappa shape index (κ3) is 2.91. The molecule has 3 aromatic rings. The van der Waals surface area contributed by atoms with Crippen molar-refractivity contribution < 1.29 is 14.3 Å². The predicted octanol–water partition coefficient (Wildman–Crippen LogP) is 5.66. The summed E-state index contributed by atoms with van der Waals surface area (Å²) in [7, 11) is 0. The molecule has 3 aromatic carbocycles. The van der Waals surface area contributed by atoms with E-state index in [1.807, 2.05) is 51.1 Å². The van der Waals surface area contributed by atoms with Crippen LogP contribution < -0.4 is 4.90 Å². The number of esters is 1. The Labute approximate surface area is 200 Å². The van der Waals surface area contributed by atoms with Crippen molar-refractivity contribution in [1.82, 2.24) is 0 Å². The molecule has 0 radical (unpaired) electrons. The lowest BCUT2D eigenvalue weighted by atomic mass is 9.52. The molecule has 0 saturated carbocycles. The maximum Gasteiger partial charge on any atom is 0.313 e. The molecule has 0 unspecified atom stereocenters. The van der Waals surface area contributed by atoms with Gasteiger partial charge in [0.15, 0.2) is 6.10 Å². The highest BCUT2D eigenvalue weighted by Crippen LogP contribution is 2.61. The van der Waals surface area contributed by atoms with E-state index in [1.165, 1.54) is 22.3 Å². The first-order valence-electron chi connectivity index (χ1n) is 12.1. The molecule has 7 rings (SSSR count). The fourth-order valence-corrected chi connectivity index (χ4v) is 6.49. The summed E-state index contributed by atoms with van der Waals surface area (Å²) in [5.74, 6) is -0.340. The van der Waals surface area contributed by atoms with Gasteiger partial charge < -0.3 is 9.64 Å². The monoisotopic (exact) mass is 451 g/mol. The summed E-state index contributed by atoms with van der Waals surface area (Å²) in [5.41, 5.74) is 4.66. The second kappa shape index (κ2) is 7.30. The topological polar surface area (TPSA) is 46.6 Å². The van der Waals surface area contributed by atoms with Crippen molar-refractivity contribution in [1.29, 1.82) is 0 Å². The molecule has 2 bridgehead atoms. The zero-order valence-corrected chi connectivity index (χ0v) is 19.8. The van der Waals surface area contributed by atoms with E-state index in [9.17, 15) is 9.59 Å². The molecule has 4 heteroatoms. The van der Waals surface area contributed by atoms with Crippen molar-refractivity contribution in [2.75, 3.05) is 11.4 Å². The Balaban J connectivity index is 1.35. The Hall–Kier alpha value is -3.40. The molecule has 0 aromatic heterocycles. The highest BCUT2D eigenvalue weighted by molar-refractivity contribution is 6.01. The lowest BCUT2D eigenvalue weighted by Gasteiger charge is -2.50. The van der Waals surface area contributed by atoms with Gasteiger partial charge in [0, 0.05) is 29.5 Å². The average molecular weight is 452 g/mol. The van der Waals surface area contributed by atoms with Gasteiger partial charge in [0.25, 0.3) is 5.91 Å². The van der Waals surface area contributed by atoms with Gasteiger partial charge in [-0.25, -0.2) is 0 Å². The van der Waals surface area contributed by atoms with Gasteiger partial charge in [-0.05, 0) is 47.7 Å². The molecule has 0 spiro atoms. The van der Waals surface area contributed by atoms with E-state index < -0.39 is 16.9 Å². The SMILES string of the molecule is CC1(C)CN(c2ccccc2)C(=O)[C@@H]1OC(=O)[C@]1(C)CC2c3ccccc3C1c1ccccc12. The van der Waals surface area contributed by atoms with Crippen molar-refractivity contribution >= 4 is 17.6 Å². The molecule has 1 fully saturated rings. The summed E-state index contributed by atoms with van der Waals surface area (Å²) in [6, 6.07) is 26.6. The third-order valence-electron chi connectivity index (χ3n) is 8.15. The summed E-state index contributed by atoms with van der Waals surface area (Å²) in [6.45, 7) is 6.56. The number of carbonyl (C=O) groups is 2. The van der Waals surface area contributed by atoms with Crippen molar-refractivity contribution in [3.63, 3.8) is 0 Å². The molecular weight excluding hydrogens is 422 g/mol. The van der Waals surface area contributed by atoms with Crippen molar-refractivity contribution in [3.05, 3.63) is 101 Å². The smallest absolute Gasteiger partial charge is 0.313 e. The number of fused-ring (bicyclic) bond motifs is 1. The molecular formula is C30H29NO3. The number of ether oxygens (including phenoxy) is 1. The van der Waals surface area contributed by atoms with Gasteiger partial charge in [-0.15, -0.1) is 0 Å². The van der Waals surface area contributed by atoms with E-state index in [4.69, 9.17) is 4.74 Å². The quantitative estimate of drug-likeness (QED) is 0.483. The van der Waals surface area contributed by atoms with Crippen LogP contribution in [0.5, 0.6) is 0 Å². The summed E-state index contributed by atoms with van der Waals surface area (Å²) in [5, 5.41) is 0. The molecule has 172 valence electrons. The molecule has 2 atom stereocenters. The standard InChI is InChI=1S/C30H29NO3/c1-29(2)18-31(19-11-5-4-6-12-19)27(32)26(29)34-28(33)30(3)17-24-20-13-7-9-15-22(20)25(30)23-16-10-8-14-21(23)24/h4-16,24-26H,17-18H2,1-3H3/t24?,25?,26-,30+/m0/s1. The van der Waals surface area contributed by atoms with E-state index in [-0.39, 0.29) is 23.7 Å². The number of nitrogens with zero attached hydrogens (tertiary/aromatic N) is 1. The van der Waals surface area contributed by atoms with Gasteiger partial charge in [-0.1, -0.05) is 80.6 Å². The van der Waals surface area contributed by atoms with Gasteiger partial charge in [0.2, 0.25) is 0 Å². The van der Waals surface area contributed by atoms with Crippen LogP contribution in [0.2, 0.25) is 0 Å². The summed E-state index contributed by atoms with van der Waals surface area (Å²) in [6.07, 6.45) is -0.114. The molecule has 3 aliphatic carbocycles. The lowest BCUT2D eigenvalue weighted by molar-refractivity contribution is -0.170. The minimum Gasteiger partial charge on any atom is -0.451 e. The molecule has 1 saturated heterocycles. The first kappa shape index (κ1) is 21.2. The zero-order chi connectivity index (χ0) is 23.7. The van der Waals surface area contributed by atoms with Crippen molar-refractivity contribution in [2.45, 2.75) is 45.1 Å². The molecule has 4 nitrogen and oxygen atoms in total. The zero-order valence-electron chi connectivity index (χ0n) is 19.8. The van der Waals surface area contributed by atoms with Crippen LogP contribution in [-0.2, 0) is 14.3 Å². The van der Waals surface area contributed by atoms with Crippen LogP contribution in [0.15, 0.2) is 78.9 Å². The van der Waals surface area contributed by atoms with E-state index in [0.717, 1.165) is 5.69 Å². The molecule has 34 heavy (non-hydrogen) atoms. The first-order chi connectivity index (χ1) is 16.3. The third-order valence-corrected chi connectivity index (χ3v) is 8.15. The predicted molar refractivity (Wildman–Crippen MR) is 132 cm³/mol. The highest BCUT2D eigenvalue weighted by atomic mass is 16.6. The fraction of sp³-hybridized carbons (Fsp3) is 0.333. The van der Waals surface area contributed by atoms with Crippen LogP contribution in [0, 0.1) is 10.8 Å². The summed E-state index contributed by atoms with van der Waals surface area (Å²) >= 11 is 0. The van der Waals surface area contributed by atoms with Crippen molar-refractivity contribution in [2.24, 2.45) is 10.8 Å².